The van der Waals surface area contributed by atoms with Crippen molar-refractivity contribution in [3.63, 3.8) is 0 Å². The number of aromatic nitrogens is 2. The Morgan fingerprint density at radius 2 is 2.29 bits per heavy atom. The lowest BCUT2D eigenvalue weighted by molar-refractivity contribution is -0.514. The predicted molar refractivity (Wildman–Crippen MR) is 41.0 cm³/mol. The summed E-state index contributed by atoms with van der Waals surface area (Å²) in [5.41, 5.74) is 0. The van der Waals surface area contributed by atoms with Gasteiger partial charge in [0.1, 0.15) is 0 Å². The van der Waals surface area contributed by atoms with Crippen molar-refractivity contribution < 1.29 is 19.6 Å². The number of nitrogens with zero attached hydrogens (tertiary/aromatic N) is 2. The summed E-state index contributed by atoms with van der Waals surface area (Å²) >= 11 is 0. The lowest BCUT2D eigenvalue weighted by Gasteiger charge is -2.01. The first-order valence-corrected chi connectivity index (χ1v) is 3.44. The second-order valence-electron chi connectivity index (χ2n) is 2.33. The van der Waals surface area contributed by atoms with Crippen LogP contribution in [-0.4, -0.2) is 31.8 Å². The predicted octanol–water partition coefficient (Wildman–Crippen LogP) is -0.619. The third kappa shape index (κ3) is 1.73. The van der Waals surface area contributed by atoms with Gasteiger partial charge in [-0.1, -0.05) is 0 Å². The number of nitro groups is 1. The minimum Gasteiger partial charge on any atom is -0.475 e. The SMILES string of the molecule is O=C(O)C(=O)C(c1ncc[nH]1)[N+](=O)[O-]. The Kier molecular flexibility index (Phi) is 2.56. The number of H-pyrrole nitrogens is 1. The number of ketones is 1. The largest absolute Gasteiger partial charge is 0.475 e. The van der Waals surface area contributed by atoms with Crippen LogP contribution in [0.15, 0.2) is 12.4 Å². The molecule has 1 aromatic rings. The molecule has 8 nitrogen and oxygen atoms in total. The van der Waals surface area contributed by atoms with Gasteiger partial charge in [-0.05, 0) is 0 Å². The fourth-order valence-electron chi connectivity index (χ4n) is 0.864. The van der Waals surface area contributed by atoms with Gasteiger partial charge < -0.3 is 10.1 Å². The molecule has 1 unspecified atom stereocenters. The summed E-state index contributed by atoms with van der Waals surface area (Å²) in [6.07, 6.45) is 2.46. The molecule has 1 atom stereocenters. The van der Waals surface area contributed by atoms with Gasteiger partial charge in [0.15, 0.2) is 5.82 Å². The van der Waals surface area contributed by atoms with E-state index in [9.17, 15) is 19.7 Å². The average molecular weight is 199 g/mol. The number of carboxylic acid groups (broad SMARTS) is 1. The van der Waals surface area contributed by atoms with E-state index in [4.69, 9.17) is 5.11 Å². The van der Waals surface area contributed by atoms with Crippen molar-refractivity contribution in [1.82, 2.24) is 9.97 Å². The molecule has 0 saturated carbocycles. The van der Waals surface area contributed by atoms with E-state index in [-0.39, 0.29) is 5.82 Å². The smallest absolute Gasteiger partial charge is 0.380 e. The van der Waals surface area contributed by atoms with Gasteiger partial charge in [-0.2, -0.15) is 0 Å². The van der Waals surface area contributed by atoms with Crippen molar-refractivity contribution in [2.45, 2.75) is 6.04 Å². The lowest BCUT2D eigenvalue weighted by Crippen LogP contribution is -2.28. The normalized spacial score (nSPS) is 12.0. The Morgan fingerprint density at radius 3 is 2.64 bits per heavy atom. The fourth-order valence-corrected chi connectivity index (χ4v) is 0.864. The molecule has 0 aliphatic carbocycles. The summed E-state index contributed by atoms with van der Waals surface area (Å²) in [5, 5.41) is 18.7. The van der Waals surface area contributed by atoms with E-state index in [2.05, 4.69) is 9.97 Å². The Balaban J connectivity index is 3.03. The van der Waals surface area contributed by atoms with E-state index < -0.39 is 22.7 Å². The van der Waals surface area contributed by atoms with E-state index >= 15 is 0 Å². The van der Waals surface area contributed by atoms with Crippen molar-refractivity contribution in [1.29, 1.82) is 0 Å². The molecular weight excluding hydrogens is 194 g/mol. The van der Waals surface area contributed by atoms with E-state index in [1.807, 2.05) is 0 Å². The number of hydrogen-bond acceptors (Lipinski definition) is 5. The number of aliphatic carboxylic acids is 1. The number of rotatable bonds is 4. The van der Waals surface area contributed by atoms with Crippen molar-refractivity contribution in [3.8, 4) is 0 Å². The van der Waals surface area contributed by atoms with Crippen LogP contribution in [0.1, 0.15) is 11.9 Å². The fraction of sp³-hybridized carbons (Fsp3) is 0.167. The molecule has 0 aliphatic rings. The highest BCUT2D eigenvalue weighted by atomic mass is 16.6. The summed E-state index contributed by atoms with van der Waals surface area (Å²) in [6.45, 7) is 0. The van der Waals surface area contributed by atoms with Gasteiger partial charge in [-0.15, -0.1) is 0 Å². The summed E-state index contributed by atoms with van der Waals surface area (Å²) in [7, 11) is 0. The van der Waals surface area contributed by atoms with Crippen LogP contribution in [0.25, 0.3) is 0 Å². The Labute approximate surface area is 76.7 Å². The molecule has 1 aromatic heterocycles. The maximum Gasteiger partial charge on any atom is 0.380 e. The third-order valence-electron chi connectivity index (χ3n) is 1.45. The van der Waals surface area contributed by atoms with Gasteiger partial charge in [-0.3, -0.25) is 14.9 Å². The first kappa shape index (κ1) is 9.84. The van der Waals surface area contributed by atoms with Crippen LogP contribution in [0, 0.1) is 10.1 Å². The van der Waals surface area contributed by atoms with Gasteiger partial charge in [0, 0.05) is 17.3 Å². The minimum atomic E-state index is -1.97. The number of Topliss-reactive ketones (excluding diaryl/α,β-unsaturated/α-hetero) is 1. The molecule has 0 amide bonds. The van der Waals surface area contributed by atoms with E-state index in [1.54, 1.807) is 0 Å². The highest BCUT2D eigenvalue weighted by Crippen LogP contribution is 2.12. The monoisotopic (exact) mass is 199 g/mol. The van der Waals surface area contributed by atoms with E-state index in [0.717, 1.165) is 0 Å². The summed E-state index contributed by atoms with van der Waals surface area (Å²) < 4.78 is 0. The standard InChI is InChI=1S/C6H5N3O5/c10-4(6(11)12)3(9(13)14)5-7-1-2-8-5/h1-3H,(H,7,8)(H,11,12). The highest BCUT2D eigenvalue weighted by molar-refractivity contribution is 6.34. The summed E-state index contributed by atoms with van der Waals surface area (Å²) in [5.74, 6) is -3.67. The molecule has 2 N–H and O–H groups in total. The molecule has 0 fully saturated rings. The number of imidazole rings is 1. The molecule has 1 heterocycles. The Hall–Kier alpha value is -2.25. The minimum absolute atomic E-state index is 0.289. The van der Waals surface area contributed by atoms with Crippen molar-refractivity contribution in [3.05, 3.63) is 28.3 Å². The first-order valence-electron chi connectivity index (χ1n) is 3.44. The number of carbonyl (C=O) groups excluding carboxylic acids is 1. The molecule has 8 heteroatoms. The average Bonchev–Trinajstić information content (AvgIpc) is 2.56. The van der Waals surface area contributed by atoms with Gasteiger partial charge >= 0.3 is 17.8 Å². The van der Waals surface area contributed by atoms with Crippen LogP contribution in [0.5, 0.6) is 0 Å². The maximum absolute atomic E-state index is 10.9. The molecule has 0 radical (unpaired) electrons. The number of aromatic amines is 1. The molecule has 0 saturated heterocycles. The number of nitrogens with one attached hydrogen (secondary N) is 1. The zero-order valence-electron chi connectivity index (χ0n) is 6.71. The first-order chi connectivity index (χ1) is 6.54. The van der Waals surface area contributed by atoms with Crippen molar-refractivity contribution in [2.75, 3.05) is 0 Å². The van der Waals surface area contributed by atoms with Gasteiger partial charge in [0.25, 0.3) is 0 Å². The molecule has 14 heavy (non-hydrogen) atoms. The number of carbonyl (C=O) groups is 2. The lowest BCUT2D eigenvalue weighted by atomic mass is 10.2. The quantitative estimate of drug-likeness (QED) is 0.378. The summed E-state index contributed by atoms with van der Waals surface area (Å²) in [4.78, 5) is 36.3. The van der Waals surface area contributed by atoms with Crippen LogP contribution >= 0.6 is 0 Å². The number of carboxylic acids is 1. The number of hydrogen-bond donors (Lipinski definition) is 2. The summed E-state index contributed by atoms with van der Waals surface area (Å²) in [6, 6.07) is -1.97. The van der Waals surface area contributed by atoms with E-state index in [0.29, 0.717) is 0 Å². The van der Waals surface area contributed by atoms with E-state index in [1.165, 1.54) is 12.4 Å². The molecule has 0 aliphatic heterocycles. The molecule has 1 rings (SSSR count). The van der Waals surface area contributed by atoms with Crippen LogP contribution in [0.4, 0.5) is 0 Å². The molecule has 74 valence electrons. The topological polar surface area (TPSA) is 126 Å². The third-order valence-corrected chi connectivity index (χ3v) is 1.45. The van der Waals surface area contributed by atoms with Crippen LogP contribution in [0.2, 0.25) is 0 Å². The molecular formula is C6H5N3O5. The Morgan fingerprint density at radius 1 is 1.64 bits per heavy atom. The maximum atomic E-state index is 10.9. The molecule has 0 bridgehead atoms. The zero-order chi connectivity index (χ0) is 10.7. The van der Waals surface area contributed by atoms with Gasteiger partial charge in [0.2, 0.25) is 0 Å². The highest BCUT2D eigenvalue weighted by Gasteiger charge is 2.38. The zero-order valence-corrected chi connectivity index (χ0v) is 6.71. The Bertz CT molecular complexity index is 371. The van der Waals surface area contributed by atoms with Crippen LogP contribution < -0.4 is 0 Å². The van der Waals surface area contributed by atoms with Crippen LogP contribution in [-0.2, 0) is 9.59 Å². The second kappa shape index (κ2) is 3.64. The van der Waals surface area contributed by atoms with Gasteiger partial charge in [-0.25, -0.2) is 9.78 Å². The second-order valence-corrected chi connectivity index (χ2v) is 2.33. The molecule has 0 spiro atoms. The molecule has 0 aromatic carbocycles. The van der Waals surface area contributed by atoms with Crippen molar-refractivity contribution in [2.24, 2.45) is 0 Å². The van der Waals surface area contributed by atoms with Gasteiger partial charge in [0.05, 0.1) is 0 Å². The van der Waals surface area contributed by atoms with Crippen LogP contribution in [0.3, 0.4) is 0 Å². The van der Waals surface area contributed by atoms with Crippen molar-refractivity contribution >= 4 is 11.8 Å².